The van der Waals surface area contributed by atoms with Crippen LogP contribution in [0.25, 0.3) is 10.9 Å². The molecule has 1 atom stereocenters. The zero-order valence-corrected chi connectivity index (χ0v) is 12.7. The van der Waals surface area contributed by atoms with Gasteiger partial charge in [-0.2, -0.15) is 0 Å². The van der Waals surface area contributed by atoms with E-state index in [9.17, 15) is 14.9 Å². The number of fused-ring (bicyclic) bond motifs is 1. The highest BCUT2D eigenvalue weighted by Gasteiger charge is 2.22. The molecule has 0 amide bonds. The van der Waals surface area contributed by atoms with Gasteiger partial charge in [0, 0.05) is 47.0 Å². The van der Waals surface area contributed by atoms with Gasteiger partial charge < -0.3 is 15.0 Å². The van der Waals surface area contributed by atoms with Crippen LogP contribution in [-0.4, -0.2) is 21.4 Å². The third-order valence-electron chi connectivity index (χ3n) is 3.70. The van der Waals surface area contributed by atoms with Crippen LogP contribution < -0.4 is 5.32 Å². The number of carbonyl (C=O) groups is 1. The molecule has 0 aliphatic carbocycles. The zero-order valence-electron chi connectivity index (χ0n) is 12.7. The number of anilines is 2. The molecule has 1 aromatic carbocycles. The van der Waals surface area contributed by atoms with E-state index in [0.717, 1.165) is 5.69 Å². The Morgan fingerprint density at radius 3 is 2.75 bits per heavy atom. The standard InChI is InChI=1S/C16H14N4O4/c1-10(24-9-21)12-8-18-16-14(20(22)23)3-2-13(15(12)16)19-11-4-6-17-7-5-11/h2-10,18H,1H3,(H,17,19). The summed E-state index contributed by atoms with van der Waals surface area (Å²) in [5.41, 5.74) is 2.43. The highest BCUT2D eigenvalue weighted by atomic mass is 16.6. The number of hydrogen-bond donors (Lipinski definition) is 2. The minimum absolute atomic E-state index is 0.0465. The molecule has 0 aliphatic rings. The van der Waals surface area contributed by atoms with Crippen molar-refractivity contribution >= 4 is 34.4 Å². The molecule has 0 aliphatic heterocycles. The van der Waals surface area contributed by atoms with Gasteiger partial charge in [-0.25, -0.2) is 0 Å². The molecule has 0 radical (unpaired) electrons. The molecule has 2 N–H and O–H groups in total. The van der Waals surface area contributed by atoms with Crippen molar-refractivity contribution in [2.45, 2.75) is 13.0 Å². The number of nitrogens with one attached hydrogen (secondary N) is 2. The molecule has 0 bridgehead atoms. The molecule has 8 nitrogen and oxygen atoms in total. The second-order valence-electron chi connectivity index (χ2n) is 5.12. The summed E-state index contributed by atoms with van der Waals surface area (Å²) in [6.45, 7) is 2.06. The first-order chi connectivity index (χ1) is 11.6. The third-order valence-corrected chi connectivity index (χ3v) is 3.70. The number of nitrogens with zero attached hydrogens (tertiary/aromatic N) is 2. The molecule has 3 aromatic rings. The lowest BCUT2D eigenvalue weighted by molar-refractivity contribution is -0.383. The number of carbonyl (C=O) groups excluding carboxylic acids is 1. The second kappa shape index (κ2) is 6.37. The van der Waals surface area contributed by atoms with Gasteiger partial charge in [-0.05, 0) is 25.1 Å². The number of benzene rings is 1. The fourth-order valence-corrected chi connectivity index (χ4v) is 2.58. The molecule has 0 fully saturated rings. The van der Waals surface area contributed by atoms with E-state index in [1.54, 1.807) is 43.7 Å². The van der Waals surface area contributed by atoms with Gasteiger partial charge in [0.2, 0.25) is 0 Å². The van der Waals surface area contributed by atoms with Gasteiger partial charge in [0.05, 0.1) is 4.92 Å². The maximum absolute atomic E-state index is 11.3. The number of rotatable bonds is 6. The first-order valence-corrected chi connectivity index (χ1v) is 7.16. The lowest BCUT2D eigenvalue weighted by Crippen LogP contribution is -1.99. The molecule has 8 heteroatoms. The molecule has 122 valence electrons. The fraction of sp³-hybridized carbons (Fsp3) is 0.125. The molecule has 0 saturated heterocycles. The first kappa shape index (κ1) is 15.5. The lowest BCUT2D eigenvalue weighted by Gasteiger charge is -2.12. The number of aromatic amines is 1. The summed E-state index contributed by atoms with van der Waals surface area (Å²) in [4.78, 5) is 28.3. The molecule has 2 heterocycles. The van der Waals surface area contributed by atoms with Crippen molar-refractivity contribution in [3.63, 3.8) is 0 Å². The Morgan fingerprint density at radius 1 is 1.33 bits per heavy atom. The minimum atomic E-state index is -0.545. The topological polar surface area (TPSA) is 110 Å². The lowest BCUT2D eigenvalue weighted by atomic mass is 10.1. The van der Waals surface area contributed by atoms with E-state index in [-0.39, 0.29) is 5.69 Å². The van der Waals surface area contributed by atoms with Gasteiger partial charge in [0.25, 0.3) is 12.2 Å². The predicted molar refractivity (Wildman–Crippen MR) is 88.0 cm³/mol. The summed E-state index contributed by atoms with van der Waals surface area (Å²) < 4.78 is 4.99. The Balaban J connectivity index is 2.17. The van der Waals surface area contributed by atoms with E-state index >= 15 is 0 Å². The maximum Gasteiger partial charge on any atom is 0.293 e. The molecular formula is C16H14N4O4. The van der Waals surface area contributed by atoms with Gasteiger partial charge >= 0.3 is 0 Å². The predicted octanol–water partition coefficient (Wildman–Crippen LogP) is 3.45. The molecule has 0 saturated carbocycles. The van der Waals surface area contributed by atoms with Crippen molar-refractivity contribution in [3.05, 3.63) is 58.5 Å². The van der Waals surface area contributed by atoms with Crippen molar-refractivity contribution in [3.8, 4) is 0 Å². The third kappa shape index (κ3) is 2.76. The van der Waals surface area contributed by atoms with E-state index in [1.807, 2.05) is 0 Å². The molecule has 0 spiro atoms. The van der Waals surface area contributed by atoms with Crippen LogP contribution >= 0.6 is 0 Å². The Bertz CT molecular complexity index is 892. The largest absolute Gasteiger partial charge is 0.460 e. The van der Waals surface area contributed by atoms with E-state index < -0.39 is 11.0 Å². The van der Waals surface area contributed by atoms with E-state index in [1.165, 1.54) is 6.07 Å². The maximum atomic E-state index is 11.3. The Hall–Kier alpha value is -3.42. The first-order valence-electron chi connectivity index (χ1n) is 7.16. The number of non-ortho nitro benzene ring substituents is 1. The van der Waals surface area contributed by atoms with Crippen LogP contribution in [0.2, 0.25) is 0 Å². The van der Waals surface area contributed by atoms with Crippen LogP contribution in [0.15, 0.2) is 42.9 Å². The monoisotopic (exact) mass is 326 g/mol. The Labute approximate surface area is 136 Å². The number of aromatic nitrogens is 2. The molecular weight excluding hydrogens is 312 g/mol. The van der Waals surface area contributed by atoms with E-state index in [2.05, 4.69) is 15.3 Å². The SMILES string of the molecule is CC(OC=O)c1c[nH]c2c([N+](=O)[O-])ccc(Nc3ccncc3)c12. The van der Waals surface area contributed by atoms with Gasteiger partial charge in [-0.15, -0.1) is 0 Å². The summed E-state index contributed by atoms with van der Waals surface area (Å²) in [6.07, 6.45) is 4.35. The number of H-pyrrole nitrogens is 1. The van der Waals surface area contributed by atoms with Crippen molar-refractivity contribution in [2.75, 3.05) is 5.32 Å². The summed E-state index contributed by atoms with van der Waals surface area (Å²) in [7, 11) is 0. The zero-order chi connectivity index (χ0) is 17.1. The summed E-state index contributed by atoms with van der Waals surface area (Å²) in [6, 6.07) is 6.62. The van der Waals surface area contributed by atoms with Gasteiger partial charge in [0.15, 0.2) is 0 Å². The Kier molecular flexibility index (Phi) is 4.11. The average molecular weight is 326 g/mol. The summed E-state index contributed by atoms with van der Waals surface area (Å²) >= 11 is 0. The van der Waals surface area contributed by atoms with Gasteiger partial charge in [0.1, 0.15) is 11.6 Å². The average Bonchev–Trinajstić information content (AvgIpc) is 3.01. The van der Waals surface area contributed by atoms with E-state index in [0.29, 0.717) is 28.6 Å². The van der Waals surface area contributed by atoms with Crippen molar-refractivity contribution in [2.24, 2.45) is 0 Å². The quantitative estimate of drug-likeness (QED) is 0.408. The Morgan fingerprint density at radius 2 is 2.08 bits per heavy atom. The number of pyridine rings is 1. The summed E-state index contributed by atoms with van der Waals surface area (Å²) in [5.74, 6) is 0. The molecule has 1 unspecified atom stereocenters. The van der Waals surface area contributed by atoms with Crippen LogP contribution in [-0.2, 0) is 9.53 Å². The van der Waals surface area contributed by atoms with Crippen molar-refractivity contribution < 1.29 is 14.5 Å². The normalized spacial score (nSPS) is 11.9. The molecule has 24 heavy (non-hydrogen) atoms. The van der Waals surface area contributed by atoms with Gasteiger partial charge in [-0.1, -0.05) is 0 Å². The number of nitro benzene ring substituents is 1. The van der Waals surface area contributed by atoms with Crippen molar-refractivity contribution in [1.82, 2.24) is 9.97 Å². The fourth-order valence-electron chi connectivity index (χ4n) is 2.58. The minimum Gasteiger partial charge on any atom is -0.460 e. The van der Waals surface area contributed by atoms with Crippen LogP contribution in [0.5, 0.6) is 0 Å². The molecule has 2 aromatic heterocycles. The smallest absolute Gasteiger partial charge is 0.293 e. The molecule has 3 rings (SSSR count). The van der Waals surface area contributed by atoms with Gasteiger partial charge in [-0.3, -0.25) is 19.9 Å². The van der Waals surface area contributed by atoms with E-state index in [4.69, 9.17) is 4.74 Å². The highest BCUT2D eigenvalue weighted by Crippen LogP contribution is 2.37. The van der Waals surface area contributed by atoms with Crippen LogP contribution in [0.4, 0.5) is 17.1 Å². The van der Waals surface area contributed by atoms with Crippen LogP contribution in [0.1, 0.15) is 18.6 Å². The number of ether oxygens (including phenoxy) is 1. The van der Waals surface area contributed by atoms with Crippen LogP contribution in [0.3, 0.4) is 0 Å². The highest BCUT2D eigenvalue weighted by molar-refractivity contribution is 6.01. The number of nitro groups is 1. The second-order valence-corrected chi connectivity index (χ2v) is 5.12. The number of hydrogen-bond acceptors (Lipinski definition) is 6. The van der Waals surface area contributed by atoms with Crippen LogP contribution in [0, 0.1) is 10.1 Å². The summed E-state index contributed by atoms with van der Waals surface area (Å²) in [5, 5.41) is 15.1. The van der Waals surface area contributed by atoms with Crippen molar-refractivity contribution in [1.29, 1.82) is 0 Å².